The monoisotopic (exact) mass is 427 g/mol. The molecule has 1 aliphatic carbocycles. The lowest BCUT2D eigenvalue weighted by atomic mass is 10.1. The number of furan rings is 1. The van der Waals surface area contributed by atoms with Crippen LogP contribution in [0.1, 0.15) is 36.9 Å². The maximum atomic E-state index is 13.6. The molecule has 160 valence electrons. The van der Waals surface area contributed by atoms with Crippen LogP contribution in [0.4, 0.5) is 10.3 Å². The number of fused-ring (bicyclic) bond motifs is 1. The molecule has 4 aromatic rings. The molecule has 4 heterocycles. The first-order chi connectivity index (χ1) is 15.7. The summed E-state index contributed by atoms with van der Waals surface area (Å²) in [5, 5.41) is 3.38. The van der Waals surface area contributed by atoms with Crippen molar-refractivity contribution in [2.24, 2.45) is 0 Å². The van der Waals surface area contributed by atoms with Crippen molar-refractivity contribution in [3.63, 3.8) is 0 Å². The highest BCUT2D eigenvalue weighted by Crippen LogP contribution is 2.40. The predicted molar refractivity (Wildman–Crippen MR) is 120 cm³/mol. The number of nitrogens with zero attached hydrogens (tertiary/aromatic N) is 4. The number of aromatic nitrogens is 4. The Kier molecular flexibility index (Phi) is 4.60. The molecule has 3 aromatic heterocycles. The molecular weight excluding hydrogens is 405 g/mol. The second-order valence-corrected chi connectivity index (χ2v) is 8.27. The molecule has 1 aromatic carbocycles. The second kappa shape index (κ2) is 7.75. The molecule has 0 saturated heterocycles. The summed E-state index contributed by atoms with van der Waals surface area (Å²) in [5.74, 6) is 2.19. The van der Waals surface area contributed by atoms with E-state index in [-0.39, 0.29) is 11.9 Å². The minimum Gasteiger partial charge on any atom is -0.465 e. The van der Waals surface area contributed by atoms with Crippen LogP contribution in [0.5, 0.6) is 0 Å². The zero-order valence-corrected chi connectivity index (χ0v) is 17.4. The van der Waals surface area contributed by atoms with Gasteiger partial charge in [0.25, 0.3) is 0 Å². The molecule has 6 nitrogen and oxygen atoms in total. The van der Waals surface area contributed by atoms with Gasteiger partial charge in [0.15, 0.2) is 0 Å². The molecule has 1 N–H and O–H groups in total. The Hall–Kier alpha value is -3.74. The Balaban J connectivity index is 1.47. The van der Waals surface area contributed by atoms with E-state index in [9.17, 15) is 4.39 Å². The highest BCUT2D eigenvalue weighted by molar-refractivity contribution is 5.78. The van der Waals surface area contributed by atoms with Crippen molar-refractivity contribution in [2.45, 2.75) is 37.8 Å². The van der Waals surface area contributed by atoms with Crippen LogP contribution in [0.25, 0.3) is 28.7 Å². The lowest BCUT2D eigenvalue weighted by Crippen LogP contribution is -2.08. The number of rotatable bonds is 6. The SMILES string of the molecule is Fc1ccc(-c2nc3n(c2-c2ccnc(NC4CC4)n2)C(C=Cc2ccco2)CC3)cc1. The normalized spacial score (nSPS) is 17.7. The molecule has 1 fully saturated rings. The number of hydrogen-bond donors (Lipinski definition) is 1. The van der Waals surface area contributed by atoms with Gasteiger partial charge >= 0.3 is 0 Å². The summed E-state index contributed by atoms with van der Waals surface area (Å²) < 4.78 is 21.3. The van der Waals surface area contributed by atoms with E-state index in [0.717, 1.165) is 59.9 Å². The van der Waals surface area contributed by atoms with Crippen LogP contribution in [0.2, 0.25) is 0 Å². The first-order valence-corrected chi connectivity index (χ1v) is 10.9. The van der Waals surface area contributed by atoms with Gasteiger partial charge in [-0.15, -0.1) is 0 Å². The van der Waals surface area contributed by atoms with Crippen molar-refractivity contribution in [1.29, 1.82) is 0 Å². The predicted octanol–water partition coefficient (Wildman–Crippen LogP) is 5.51. The largest absolute Gasteiger partial charge is 0.465 e. The van der Waals surface area contributed by atoms with Crippen molar-refractivity contribution in [3.8, 4) is 22.6 Å². The highest BCUT2D eigenvalue weighted by Gasteiger charge is 2.30. The van der Waals surface area contributed by atoms with Crippen LogP contribution in [-0.2, 0) is 6.42 Å². The number of nitrogens with one attached hydrogen (secondary N) is 1. The Morgan fingerprint density at radius 1 is 1.06 bits per heavy atom. The van der Waals surface area contributed by atoms with Gasteiger partial charge in [0.05, 0.1) is 29.4 Å². The average Bonchev–Trinajstić information content (AvgIpc) is 3.18. The summed E-state index contributed by atoms with van der Waals surface area (Å²) >= 11 is 0. The van der Waals surface area contributed by atoms with E-state index < -0.39 is 0 Å². The van der Waals surface area contributed by atoms with Crippen LogP contribution < -0.4 is 5.32 Å². The van der Waals surface area contributed by atoms with Crippen LogP contribution >= 0.6 is 0 Å². The molecule has 0 radical (unpaired) electrons. The second-order valence-electron chi connectivity index (χ2n) is 8.27. The number of anilines is 1. The number of hydrogen-bond acceptors (Lipinski definition) is 5. The Labute approximate surface area is 184 Å². The Bertz CT molecular complexity index is 1270. The Morgan fingerprint density at radius 3 is 2.72 bits per heavy atom. The van der Waals surface area contributed by atoms with Gasteiger partial charge in [0, 0.05) is 24.2 Å². The molecule has 2 aliphatic rings. The standard InChI is InChI=1S/C25H22FN5O/c26-17-5-3-16(4-6-17)23-24(21-13-14-27-25(29-21)28-18-7-8-18)31-19(10-12-22(31)30-23)9-11-20-2-1-15-32-20/h1-6,9,11,13-15,18-19H,7-8,10,12H2,(H,27,28,29). The zero-order valence-electron chi connectivity index (χ0n) is 17.4. The highest BCUT2D eigenvalue weighted by atomic mass is 19.1. The third-order valence-electron chi connectivity index (χ3n) is 5.93. The minimum atomic E-state index is -0.265. The van der Waals surface area contributed by atoms with Crippen LogP contribution in [-0.4, -0.2) is 25.6 Å². The smallest absolute Gasteiger partial charge is 0.223 e. The van der Waals surface area contributed by atoms with E-state index in [4.69, 9.17) is 14.4 Å². The number of allylic oxidation sites excluding steroid dienone is 1. The zero-order chi connectivity index (χ0) is 21.5. The van der Waals surface area contributed by atoms with Gasteiger partial charge in [-0.05, 0) is 67.8 Å². The summed E-state index contributed by atoms with van der Waals surface area (Å²) in [6, 6.07) is 12.8. The molecule has 0 bridgehead atoms. The summed E-state index contributed by atoms with van der Waals surface area (Å²) in [6.45, 7) is 0. The molecule has 1 saturated carbocycles. The van der Waals surface area contributed by atoms with E-state index in [1.807, 2.05) is 24.3 Å². The lowest BCUT2D eigenvalue weighted by Gasteiger charge is -2.15. The third-order valence-corrected chi connectivity index (χ3v) is 5.93. The fourth-order valence-electron chi connectivity index (χ4n) is 4.22. The van der Waals surface area contributed by atoms with Gasteiger partial charge in [0.2, 0.25) is 5.95 Å². The van der Waals surface area contributed by atoms with Gasteiger partial charge in [-0.3, -0.25) is 0 Å². The minimum absolute atomic E-state index is 0.126. The molecule has 1 unspecified atom stereocenters. The Morgan fingerprint density at radius 2 is 1.94 bits per heavy atom. The van der Waals surface area contributed by atoms with Crippen LogP contribution in [0, 0.1) is 5.82 Å². The van der Waals surface area contributed by atoms with Gasteiger partial charge in [-0.2, -0.15) is 0 Å². The fraction of sp³-hybridized carbons (Fsp3) is 0.240. The summed E-state index contributed by atoms with van der Waals surface area (Å²) in [5.41, 5.74) is 3.42. The van der Waals surface area contributed by atoms with E-state index in [2.05, 4.69) is 20.9 Å². The van der Waals surface area contributed by atoms with Crippen molar-refractivity contribution in [2.75, 3.05) is 5.32 Å². The van der Waals surface area contributed by atoms with Gasteiger partial charge in [-0.25, -0.2) is 19.3 Å². The van der Waals surface area contributed by atoms with Crippen LogP contribution in [0.3, 0.4) is 0 Å². The topological polar surface area (TPSA) is 68.8 Å². The molecule has 6 rings (SSSR count). The number of halogens is 1. The van der Waals surface area contributed by atoms with E-state index >= 15 is 0 Å². The van der Waals surface area contributed by atoms with Crippen molar-refractivity contribution in [3.05, 3.63) is 78.4 Å². The third kappa shape index (κ3) is 3.60. The average molecular weight is 427 g/mol. The first-order valence-electron chi connectivity index (χ1n) is 10.9. The van der Waals surface area contributed by atoms with Crippen LogP contribution in [0.15, 0.2) is 65.4 Å². The number of benzene rings is 1. The molecule has 1 aliphatic heterocycles. The van der Waals surface area contributed by atoms with E-state index in [1.54, 1.807) is 24.6 Å². The molecule has 1 atom stereocenters. The van der Waals surface area contributed by atoms with Gasteiger partial charge in [0.1, 0.15) is 17.4 Å². The van der Waals surface area contributed by atoms with Gasteiger partial charge in [-0.1, -0.05) is 6.08 Å². The fourth-order valence-corrected chi connectivity index (χ4v) is 4.22. The van der Waals surface area contributed by atoms with Crippen molar-refractivity contribution < 1.29 is 8.81 Å². The summed E-state index contributed by atoms with van der Waals surface area (Å²) in [4.78, 5) is 14.2. The maximum absolute atomic E-state index is 13.6. The lowest BCUT2D eigenvalue weighted by molar-refractivity contribution is 0.555. The van der Waals surface area contributed by atoms with E-state index in [0.29, 0.717) is 12.0 Å². The summed E-state index contributed by atoms with van der Waals surface area (Å²) in [7, 11) is 0. The first kappa shape index (κ1) is 19.0. The molecule has 7 heteroatoms. The molecular formula is C25H22FN5O. The summed E-state index contributed by atoms with van der Waals surface area (Å²) in [6.07, 6.45) is 11.7. The van der Waals surface area contributed by atoms with Crippen molar-refractivity contribution >= 4 is 12.0 Å². The quantitative estimate of drug-likeness (QED) is 0.439. The van der Waals surface area contributed by atoms with E-state index in [1.165, 1.54) is 12.1 Å². The van der Waals surface area contributed by atoms with Crippen molar-refractivity contribution in [1.82, 2.24) is 19.5 Å². The molecule has 0 amide bonds. The number of aryl methyl sites for hydroxylation is 1. The number of imidazole rings is 1. The molecule has 0 spiro atoms. The maximum Gasteiger partial charge on any atom is 0.223 e. The van der Waals surface area contributed by atoms with Gasteiger partial charge < -0.3 is 14.3 Å². The molecule has 32 heavy (non-hydrogen) atoms.